The van der Waals surface area contributed by atoms with Crippen molar-refractivity contribution in [3.8, 4) is 11.5 Å². The summed E-state index contributed by atoms with van der Waals surface area (Å²) in [7, 11) is 0. The van der Waals surface area contributed by atoms with Gasteiger partial charge in [-0.1, -0.05) is 13.3 Å². The molecule has 0 radical (unpaired) electrons. The lowest BCUT2D eigenvalue weighted by Crippen LogP contribution is -1.99. The SMILES string of the molecule is CCCCOc1ccc(OCCCCO)cc1. The van der Waals surface area contributed by atoms with Crippen molar-refractivity contribution in [1.82, 2.24) is 0 Å². The van der Waals surface area contributed by atoms with Crippen molar-refractivity contribution in [2.75, 3.05) is 19.8 Å². The highest BCUT2D eigenvalue weighted by molar-refractivity contribution is 5.31. The zero-order valence-corrected chi connectivity index (χ0v) is 10.5. The smallest absolute Gasteiger partial charge is 0.119 e. The monoisotopic (exact) mass is 238 g/mol. The Morgan fingerprint density at radius 2 is 1.41 bits per heavy atom. The molecular weight excluding hydrogens is 216 g/mol. The summed E-state index contributed by atoms with van der Waals surface area (Å²) in [5.41, 5.74) is 0. The summed E-state index contributed by atoms with van der Waals surface area (Å²) in [4.78, 5) is 0. The lowest BCUT2D eigenvalue weighted by molar-refractivity contribution is 0.253. The van der Waals surface area contributed by atoms with Crippen LogP contribution in [0.5, 0.6) is 11.5 Å². The molecule has 1 N–H and O–H groups in total. The number of aliphatic hydroxyl groups is 1. The van der Waals surface area contributed by atoms with Gasteiger partial charge in [0, 0.05) is 6.61 Å². The highest BCUT2D eigenvalue weighted by atomic mass is 16.5. The molecule has 96 valence electrons. The van der Waals surface area contributed by atoms with Gasteiger partial charge in [0.25, 0.3) is 0 Å². The van der Waals surface area contributed by atoms with Crippen LogP contribution >= 0.6 is 0 Å². The quantitative estimate of drug-likeness (QED) is 0.672. The largest absolute Gasteiger partial charge is 0.494 e. The fourth-order valence-corrected chi connectivity index (χ4v) is 1.37. The second kappa shape index (κ2) is 8.88. The van der Waals surface area contributed by atoms with Gasteiger partial charge in [-0.05, 0) is 43.5 Å². The van der Waals surface area contributed by atoms with E-state index in [1.807, 2.05) is 24.3 Å². The molecule has 0 bridgehead atoms. The molecule has 1 aromatic carbocycles. The number of hydrogen-bond acceptors (Lipinski definition) is 3. The molecule has 1 rings (SSSR count). The van der Waals surface area contributed by atoms with Gasteiger partial charge in [0.1, 0.15) is 11.5 Å². The Morgan fingerprint density at radius 3 is 1.88 bits per heavy atom. The molecular formula is C14H22O3. The van der Waals surface area contributed by atoms with E-state index in [9.17, 15) is 0 Å². The van der Waals surface area contributed by atoms with E-state index in [0.717, 1.165) is 43.8 Å². The van der Waals surface area contributed by atoms with E-state index in [-0.39, 0.29) is 6.61 Å². The Kier molecular flexibility index (Phi) is 7.23. The summed E-state index contributed by atoms with van der Waals surface area (Å²) >= 11 is 0. The molecule has 0 heterocycles. The first-order chi connectivity index (χ1) is 8.36. The van der Waals surface area contributed by atoms with Crippen LogP contribution in [0.15, 0.2) is 24.3 Å². The van der Waals surface area contributed by atoms with Gasteiger partial charge in [0.2, 0.25) is 0 Å². The molecule has 3 nitrogen and oxygen atoms in total. The summed E-state index contributed by atoms with van der Waals surface area (Å²) < 4.78 is 11.1. The molecule has 0 fully saturated rings. The molecule has 0 saturated heterocycles. The minimum absolute atomic E-state index is 0.230. The topological polar surface area (TPSA) is 38.7 Å². The highest BCUT2D eigenvalue weighted by Crippen LogP contribution is 2.18. The van der Waals surface area contributed by atoms with Crippen molar-refractivity contribution >= 4 is 0 Å². The summed E-state index contributed by atoms with van der Waals surface area (Å²) in [6.07, 6.45) is 3.90. The number of hydrogen-bond donors (Lipinski definition) is 1. The summed E-state index contributed by atoms with van der Waals surface area (Å²) in [6, 6.07) is 7.69. The third-order valence-electron chi connectivity index (χ3n) is 2.41. The van der Waals surface area contributed by atoms with Crippen molar-refractivity contribution < 1.29 is 14.6 Å². The van der Waals surface area contributed by atoms with Crippen molar-refractivity contribution in [2.24, 2.45) is 0 Å². The van der Waals surface area contributed by atoms with Crippen LogP contribution in [-0.2, 0) is 0 Å². The second-order valence-corrected chi connectivity index (χ2v) is 3.95. The zero-order chi connectivity index (χ0) is 12.3. The summed E-state index contributed by atoms with van der Waals surface area (Å²) in [6.45, 7) is 3.80. The molecule has 1 aromatic rings. The minimum atomic E-state index is 0.230. The van der Waals surface area contributed by atoms with Gasteiger partial charge in [-0.2, -0.15) is 0 Å². The van der Waals surface area contributed by atoms with Gasteiger partial charge in [-0.15, -0.1) is 0 Å². The van der Waals surface area contributed by atoms with Crippen LogP contribution in [0, 0.1) is 0 Å². The molecule has 0 amide bonds. The Balaban J connectivity index is 2.24. The molecule has 0 aliphatic carbocycles. The van der Waals surface area contributed by atoms with Crippen molar-refractivity contribution in [3.63, 3.8) is 0 Å². The Bertz CT molecular complexity index is 282. The Labute approximate surface area is 103 Å². The molecule has 0 spiro atoms. The van der Waals surface area contributed by atoms with Crippen molar-refractivity contribution in [3.05, 3.63) is 24.3 Å². The molecule has 0 aliphatic rings. The number of rotatable bonds is 9. The standard InChI is InChI=1S/C14H22O3/c1-2-3-11-16-13-6-8-14(9-7-13)17-12-5-4-10-15/h6-9,15H,2-5,10-12H2,1H3. The maximum Gasteiger partial charge on any atom is 0.119 e. The first-order valence-electron chi connectivity index (χ1n) is 6.33. The van der Waals surface area contributed by atoms with Crippen molar-refractivity contribution in [1.29, 1.82) is 0 Å². The number of aliphatic hydroxyl groups excluding tert-OH is 1. The highest BCUT2D eigenvalue weighted by Gasteiger charge is 1.96. The summed E-state index contributed by atoms with van der Waals surface area (Å²) in [5.74, 6) is 1.74. The van der Waals surface area contributed by atoms with Crippen LogP contribution in [0.4, 0.5) is 0 Å². The van der Waals surface area contributed by atoms with E-state index < -0.39 is 0 Å². The maximum atomic E-state index is 8.63. The van der Waals surface area contributed by atoms with E-state index in [1.165, 1.54) is 0 Å². The third kappa shape index (κ3) is 6.17. The predicted molar refractivity (Wildman–Crippen MR) is 68.7 cm³/mol. The number of ether oxygens (including phenoxy) is 2. The molecule has 3 heteroatoms. The van der Waals surface area contributed by atoms with Gasteiger partial charge < -0.3 is 14.6 Å². The first kappa shape index (κ1) is 13.8. The predicted octanol–water partition coefficient (Wildman–Crippen LogP) is 3.02. The van der Waals surface area contributed by atoms with Crippen LogP contribution < -0.4 is 9.47 Å². The van der Waals surface area contributed by atoms with Gasteiger partial charge in [-0.25, -0.2) is 0 Å². The van der Waals surface area contributed by atoms with E-state index in [0.29, 0.717) is 6.61 Å². The first-order valence-corrected chi connectivity index (χ1v) is 6.33. The van der Waals surface area contributed by atoms with Crippen LogP contribution in [0.2, 0.25) is 0 Å². The average Bonchev–Trinajstić information content (AvgIpc) is 2.37. The van der Waals surface area contributed by atoms with E-state index in [4.69, 9.17) is 14.6 Å². The van der Waals surface area contributed by atoms with Gasteiger partial charge in [0.15, 0.2) is 0 Å². The maximum absolute atomic E-state index is 8.63. The minimum Gasteiger partial charge on any atom is -0.494 e. The molecule has 0 aliphatic heterocycles. The van der Waals surface area contributed by atoms with Crippen molar-refractivity contribution in [2.45, 2.75) is 32.6 Å². The average molecular weight is 238 g/mol. The van der Waals surface area contributed by atoms with Gasteiger partial charge in [-0.3, -0.25) is 0 Å². The molecule has 0 unspecified atom stereocenters. The molecule has 0 aromatic heterocycles. The molecule has 0 saturated carbocycles. The number of unbranched alkanes of at least 4 members (excludes halogenated alkanes) is 2. The van der Waals surface area contributed by atoms with Crippen LogP contribution in [-0.4, -0.2) is 24.9 Å². The van der Waals surface area contributed by atoms with Gasteiger partial charge in [0.05, 0.1) is 13.2 Å². The lowest BCUT2D eigenvalue weighted by atomic mass is 10.3. The Morgan fingerprint density at radius 1 is 0.882 bits per heavy atom. The van der Waals surface area contributed by atoms with Gasteiger partial charge >= 0.3 is 0 Å². The fraction of sp³-hybridized carbons (Fsp3) is 0.571. The van der Waals surface area contributed by atoms with Crippen LogP contribution in [0.1, 0.15) is 32.6 Å². The molecule has 17 heavy (non-hydrogen) atoms. The van der Waals surface area contributed by atoms with E-state index in [1.54, 1.807) is 0 Å². The van der Waals surface area contributed by atoms with Crippen LogP contribution in [0.25, 0.3) is 0 Å². The zero-order valence-electron chi connectivity index (χ0n) is 10.5. The van der Waals surface area contributed by atoms with E-state index >= 15 is 0 Å². The van der Waals surface area contributed by atoms with Crippen LogP contribution in [0.3, 0.4) is 0 Å². The lowest BCUT2D eigenvalue weighted by Gasteiger charge is -2.08. The molecule has 0 atom stereocenters. The normalized spacial score (nSPS) is 10.2. The van der Waals surface area contributed by atoms with E-state index in [2.05, 4.69) is 6.92 Å². The fourth-order valence-electron chi connectivity index (χ4n) is 1.37. The third-order valence-corrected chi connectivity index (χ3v) is 2.41. The second-order valence-electron chi connectivity index (χ2n) is 3.95. The Hall–Kier alpha value is -1.22. The number of benzene rings is 1. The summed E-state index contributed by atoms with van der Waals surface area (Å²) in [5, 5.41) is 8.63.